The van der Waals surface area contributed by atoms with Gasteiger partial charge in [0, 0.05) is 5.92 Å². The Morgan fingerprint density at radius 2 is 1.68 bits per heavy atom. The zero-order chi connectivity index (χ0) is 17.9. The monoisotopic (exact) mass is 336 g/mol. The maximum atomic E-state index is 11.9. The summed E-state index contributed by atoms with van der Waals surface area (Å²) < 4.78 is 0. The lowest BCUT2D eigenvalue weighted by Gasteiger charge is -2.32. The molecule has 1 saturated carbocycles. The fourth-order valence-corrected chi connectivity index (χ4v) is 4.78. The molecule has 1 nitrogen and oxygen atoms in total. The zero-order valence-corrected chi connectivity index (χ0v) is 16.0. The minimum atomic E-state index is -0.764. The van der Waals surface area contributed by atoms with Crippen molar-refractivity contribution in [1.82, 2.24) is 0 Å². The normalized spacial score (nSPS) is 29.0. The van der Waals surface area contributed by atoms with E-state index in [2.05, 4.69) is 69.3 Å². The van der Waals surface area contributed by atoms with E-state index < -0.39 is 5.60 Å². The summed E-state index contributed by atoms with van der Waals surface area (Å²) in [6, 6.07) is 19.2. The van der Waals surface area contributed by atoms with Crippen molar-refractivity contribution in [1.29, 1.82) is 0 Å². The van der Waals surface area contributed by atoms with E-state index in [-0.39, 0.29) is 11.3 Å². The van der Waals surface area contributed by atoms with Crippen molar-refractivity contribution in [2.75, 3.05) is 0 Å². The number of hydrogen-bond donors (Lipinski definition) is 1. The van der Waals surface area contributed by atoms with E-state index in [0.29, 0.717) is 0 Å². The number of hydrogen-bond acceptors (Lipinski definition) is 1. The van der Waals surface area contributed by atoms with Crippen LogP contribution in [-0.2, 0) is 5.60 Å². The maximum absolute atomic E-state index is 11.9. The second-order valence-corrected chi connectivity index (χ2v) is 8.09. The molecule has 0 heterocycles. The predicted octanol–water partition coefficient (Wildman–Crippen LogP) is 6.35. The first kappa shape index (κ1) is 18.2. The Morgan fingerprint density at radius 3 is 2.28 bits per heavy atom. The van der Waals surface area contributed by atoms with Gasteiger partial charge in [0.05, 0.1) is 5.60 Å². The first-order valence-electron chi connectivity index (χ1n) is 9.87. The van der Waals surface area contributed by atoms with Crippen molar-refractivity contribution in [3.05, 3.63) is 71.3 Å². The van der Waals surface area contributed by atoms with Gasteiger partial charge in [0.25, 0.3) is 0 Å². The average Bonchev–Trinajstić information content (AvgIpc) is 2.96. The van der Waals surface area contributed by atoms with Crippen molar-refractivity contribution < 1.29 is 5.11 Å². The van der Waals surface area contributed by atoms with Gasteiger partial charge < -0.3 is 5.11 Å². The molecule has 0 saturated heterocycles. The Hall–Kier alpha value is -1.60. The van der Waals surface area contributed by atoms with Gasteiger partial charge in [-0.1, -0.05) is 93.3 Å². The fraction of sp³-hybridized carbons (Fsp3) is 0.500. The molecule has 0 bridgehead atoms. The summed E-state index contributed by atoms with van der Waals surface area (Å²) in [7, 11) is 0. The number of unbranched alkanes of at least 4 members (excludes halogenated alkanes) is 1. The van der Waals surface area contributed by atoms with Crippen molar-refractivity contribution in [2.24, 2.45) is 5.41 Å². The Morgan fingerprint density at radius 1 is 1.00 bits per heavy atom. The SMILES string of the molecule is CCCC[C@]1(CC)C[C@H](c2ccc(C)cc2)[C@@](O)(c2ccccc2)C1. The number of aliphatic hydroxyl groups is 1. The van der Waals surface area contributed by atoms with Crippen LogP contribution in [-0.4, -0.2) is 5.11 Å². The molecule has 0 amide bonds. The van der Waals surface area contributed by atoms with E-state index in [1.54, 1.807) is 0 Å². The van der Waals surface area contributed by atoms with Gasteiger partial charge >= 0.3 is 0 Å². The summed E-state index contributed by atoms with van der Waals surface area (Å²) in [5, 5.41) is 11.9. The molecule has 1 aliphatic carbocycles. The van der Waals surface area contributed by atoms with Gasteiger partial charge in [0.2, 0.25) is 0 Å². The van der Waals surface area contributed by atoms with Crippen molar-refractivity contribution in [3.8, 4) is 0 Å². The van der Waals surface area contributed by atoms with Gasteiger partial charge in [-0.3, -0.25) is 0 Å². The molecule has 1 fully saturated rings. The maximum Gasteiger partial charge on any atom is 0.0970 e. The van der Waals surface area contributed by atoms with Crippen molar-refractivity contribution in [3.63, 3.8) is 0 Å². The largest absolute Gasteiger partial charge is 0.385 e. The van der Waals surface area contributed by atoms with Gasteiger partial charge in [-0.05, 0) is 42.7 Å². The smallest absolute Gasteiger partial charge is 0.0970 e. The number of rotatable bonds is 6. The number of benzene rings is 2. The first-order valence-corrected chi connectivity index (χ1v) is 9.87. The molecule has 1 heteroatoms. The van der Waals surface area contributed by atoms with Crippen LogP contribution in [0.25, 0.3) is 0 Å². The molecule has 1 N–H and O–H groups in total. The van der Waals surface area contributed by atoms with Gasteiger partial charge in [0.1, 0.15) is 0 Å². The molecule has 134 valence electrons. The first-order chi connectivity index (χ1) is 12.0. The van der Waals surface area contributed by atoms with E-state index in [1.165, 1.54) is 30.4 Å². The van der Waals surface area contributed by atoms with Crippen molar-refractivity contribution in [2.45, 2.75) is 70.8 Å². The summed E-state index contributed by atoms with van der Waals surface area (Å²) in [5.74, 6) is 0.173. The van der Waals surface area contributed by atoms with Gasteiger partial charge in [-0.2, -0.15) is 0 Å². The van der Waals surface area contributed by atoms with Crippen LogP contribution in [0, 0.1) is 12.3 Å². The van der Waals surface area contributed by atoms with Crippen LogP contribution < -0.4 is 0 Å². The van der Waals surface area contributed by atoms with E-state index in [0.717, 1.165) is 24.8 Å². The standard InChI is InChI=1S/C24H32O/c1-4-6-16-23(5-2)17-22(20-14-12-19(3)13-15-20)24(25,18-23)21-10-8-7-9-11-21/h7-15,22,25H,4-6,16-18H2,1-3H3/t22-,23-,24+/m1/s1. The summed E-state index contributed by atoms with van der Waals surface area (Å²) in [5.41, 5.74) is 3.12. The Kier molecular flexibility index (Phi) is 5.34. The lowest BCUT2D eigenvalue weighted by Crippen LogP contribution is -2.30. The number of aryl methyl sites for hydroxylation is 1. The van der Waals surface area contributed by atoms with Crippen LogP contribution in [0.15, 0.2) is 54.6 Å². The van der Waals surface area contributed by atoms with Crippen LogP contribution in [0.5, 0.6) is 0 Å². The van der Waals surface area contributed by atoms with Gasteiger partial charge in [-0.25, -0.2) is 0 Å². The van der Waals surface area contributed by atoms with E-state index in [4.69, 9.17) is 0 Å². The minimum absolute atomic E-state index is 0.173. The third-order valence-electron chi connectivity index (χ3n) is 6.42. The quantitative estimate of drug-likeness (QED) is 0.652. The molecule has 25 heavy (non-hydrogen) atoms. The minimum Gasteiger partial charge on any atom is -0.385 e. The Bertz CT molecular complexity index is 675. The second-order valence-electron chi connectivity index (χ2n) is 8.09. The molecular formula is C24H32O. The lowest BCUT2D eigenvalue weighted by atomic mass is 9.76. The van der Waals surface area contributed by atoms with Gasteiger partial charge in [-0.15, -0.1) is 0 Å². The summed E-state index contributed by atoms with van der Waals surface area (Å²) in [4.78, 5) is 0. The molecule has 1 aliphatic rings. The molecule has 0 unspecified atom stereocenters. The Balaban J connectivity index is 2.03. The van der Waals surface area contributed by atoms with E-state index in [9.17, 15) is 5.11 Å². The van der Waals surface area contributed by atoms with Crippen LogP contribution in [0.2, 0.25) is 0 Å². The average molecular weight is 337 g/mol. The molecule has 0 aliphatic heterocycles. The molecule has 2 aromatic carbocycles. The lowest BCUT2D eigenvalue weighted by molar-refractivity contribution is 0.0135. The summed E-state index contributed by atoms with van der Waals surface area (Å²) in [6.45, 7) is 6.69. The highest BCUT2D eigenvalue weighted by Crippen LogP contribution is 2.60. The highest BCUT2D eigenvalue weighted by molar-refractivity contribution is 5.35. The third-order valence-corrected chi connectivity index (χ3v) is 6.42. The summed E-state index contributed by atoms with van der Waals surface area (Å²) in [6.07, 6.45) is 6.79. The molecular weight excluding hydrogens is 304 g/mol. The van der Waals surface area contributed by atoms with E-state index in [1.807, 2.05) is 6.07 Å². The molecule has 3 atom stereocenters. The van der Waals surface area contributed by atoms with Crippen LogP contribution >= 0.6 is 0 Å². The topological polar surface area (TPSA) is 20.2 Å². The highest BCUT2D eigenvalue weighted by atomic mass is 16.3. The Labute approximate surface area is 153 Å². The highest BCUT2D eigenvalue weighted by Gasteiger charge is 2.53. The molecule has 0 aromatic heterocycles. The van der Waals surface area contributed by atoms with E-state index >= 15 is 0 Å². The van der Waals surface area contributed by atoms with Crippen LogP contribution in [0.3, 0.4) is 0 Å². The zero-order valence-electron chi connectivity index (χ0n) is 16.0. The molecule has 0 spiro atoms. The van der Waals surface area contributed by atoms with Gasteiger partial charge in [0.15, 0.2) is 0 Å². The fourth-order valence-electron chi connectivity index (χ4n) is 4.78. The molecule has 0 radical (unpaired) electrons. The second kappa shape index (κ2) is 7.33. The van der Waals surface area contributed by atoms with Crippen molar-refractivity contribution >= 4 is 0 Å². The molecule has 3 rings (SSSR count). The van der Waals surface area contributed by atoms with Crippen LogP contribution in [0.4, 0.5) is 0 Å². The summed E-state index contributed by atoms with van der Waals surface area (Å²) >= 11 is 0. The third kappa shape index (κ3) is 3.53. The van der Waals surface area contributed by atoms with Crippen LogP contribution in [0.1, 0.15) is 75.0 Å². The molecule has 2 aromatic rings. The predicted molar refractivity (Wildman–Crippen MR) is 106 cm³/mol.